The molecule has 2 N–H and O–H groups in total. The van der Waals surface area contributed by atoms with Gasteiger partial charge in [0, 0.05) is 33.1 Å². The van der Waals surface area contributed by atoms with Gasteiger partial charge in [0.2, 0.25) is 5.91 Å². The molecule has 1 saturated heterocycles. The van der Waals surface area contributed by atoms with E-state index < -0.39 is 11.2 Å². The summed E-state index contributed by atoms with van der Waals surface area (Å²) in [6, 6.07) is 4.47. The molecule has 0 unspecified atom stereocenters. The predicted molar refractivity (Wildman–Crippen MR) is 104 cm³/mol. The highest BCUT2D eigenvalue weighted by atomic mass is 19.1. The molecule has 3 rings (SSSR count). The predicted octanol–water partition coefficient (Wildman–Crippen LogP) is 1.71. The van der Waals surface area contributed by atoms with Gasteiger partial charge >= 0.3 is 0 Å². The lowest BCUT2D eigenvalue weighted by molar-refractivity contribution is -0.132. The first kappa shape index (κ1) is 21.0. The lowest BCUT2D eigenvalue weighted by Crippen LogP contribution is -2.53. The van der Waals surface area contributed by atoms with Gasteiger partial charge in [0.05, 0.1) is 12.1 Å². The maximum Gasteiger partial charge on any atom is 0.219 e. The van der Waals surface area contributed by atoms with Crippen LogP contribution < -0.4 is 4.74 Å². The molecule has 1 aromatic carbocycles. The fraction of sp³-hybridized carbons (Fsp3) is 0.667. The number of ether oxygens (including phenoxy) is 1. The average molecular weight is 394 g/mol. The van der Waals surface area contributed by atoms with Crippen molar-refractivity contribution < 1.29 is 24.1 Å². The molecule has 6 nitrogen and oxygen atoms in total. The number of aryl methyl sites for hydroxylation is 1. The first-order valence-corrected chi connectivity index (χ1v) is 10.00. The van der Waals surface area contributed by atoms with Gasteiger partial charge in [0.25, 0.3) is 0 Å². The summed E-state index contributed by atoms with van der Waals surface area (Å²) < 4.78 is 19.2. The van der Waals surface area contributed by atoms with Crippen molar-refractivity contribution in [3.8, 4) is 5.75 Å². The third kappa shape index (κ3) is 5.21. The van der Waals surface area contributed by atoms with Crippen LogP contribution in [0.4, 0.5) is 4.39 Å². The van der Waals surface area contributed by atoms with Crippen LogP contribution in [0.15, 0.2) is 18.2 Å². The Kier molecular flexibility index (Phi) is 6.27. The van der Waals surface area contributed by atoms with Crippen LogP contribution in [0.25, 0.3) is 0 Å². The monoisotopic (exact) mass is 394 g/mol. The molecule has 0 radical (unpaired) electrons. The molecule has 2 aliphatic rings. The SMILES string of the molecule is CC(=O)N1CCN(CC2(O)CCCC2)C[C@@](O)(COc2ccc(F)c(C)c2)C1. The first-order valence-electron chi connectivity index (χ1n) is 10.00. The fourth-order valence-corrected chi connectivity index (χ4v) is 4.27. The van der Waals surface area contributed by atoms with Gasteiger partial charge < -0.3 is 19.8 Å². The molecule has 1 saturated carbocycles. The summed E-state index contributed by atoms with van der Waals surface area (Å²) in [4.78, 5) is 15.6. The number of halogens is 1. The third-order valence-electron chi connectivity index (χ3n) is 5.82. The standard InChI is InChI=1S/C21H31FN2O4/c1-16-11-18(5-6-19(16)22)28-15-21(27)13-23(9-10-24(14-21)17(2)25)12-20(26)7-3-4-8-20/h5-6,11,26-27H,3-4,7-10,12-15H2,1-2H3/t21-/m0/s1. The van der Waals surface area contributed by atoms with Crippen LogP contribution >= 0.6 is 0 Å². The van der Waals surface area contributed by atoms with Crippen LogP contribution in [0.1, 0.15) is 38.2 Å². The minimum atomic E-state index is -1.28. The van der Waals surface area contributed by atoms with Gasteiger partial charge in [-0.25, -0.2) is 4.39 Å². The highest BCUT2D eigenvalue weighted by Gasteiger charge is 2.40. The molecular formula is C21H31FN2O4. The van der Waals surface area contributed by atoms with E-state index in [-0.39, 0.29) is 24.9 Å². The van der Waals surface area contributed by atoms with Crippen molar-refractivity contribution in [3.63, 3.8) is 0 Å². The fourth-order valence-electron chi connectivity index (χ4n) is 4.27. The normalized spacial score (nSPS) is 25.5. The van der Waals surface area contributed by atoms with E-state index in [1.54, 1.807) is 17.9 Å². The molecule has 0 spiro atoms. The highest BCUT2D eigenvalue weighted by molar-refractivity contribution is 5.73. The van der Waals surface area contributed by atoms with Crippen molar-refractivity contribution in [2.24, 2.45) is 0 Å². The van der Waals surface area contributed by atoms with Gasteiger partial charge in [-0.15, -0.1) is 0 Å². The topological polar surface area (TPSA) is 73.2 Å². The maximum atomic E-state index is 13.5. The average Bonchev–Trinajstić information content (AvgIpc) is 2.97. The minimum absolute atomic E-state index is 0.0171. The van der Waals surface area contributed by atoms with E-state index in [1.165, 1.54) is 19.1 Å². The summed E-state index contributed by atoms with van der Waals surface area (Å²) in [5, 5.41) is 22.0. The van der Waals surface area contributed by atoms with E-state index in [9.17, 15) is 19.4 Å². The number of nitrogens with zero attached hydrogens (tertiary/aromatic N) is 2. The lowest BCUT2D eigenvalue weighted by Gasteiger charge is -2.35. The number of hydrogen-bond acceptors (Lipinski definition) is 5. The first-order chi connectivity index (χ1) is 13.2. The Morgan fingerprint density at radius 1 is 1.18 bits per heavy atom. The van der Waals surface area contributed by atoms with Crippen molar-refractivity contribution in [1.82, 2.24) is 9.80 Å². The molecule has 1 atom stereocenters. The van der Waals surface area contributed by atoms with Gasteiger partial charge in [0.15, 0.2) is 0 Å². The van der Waals surface area contributed by atoms with Gasteiger partial charge in [-0.2, -0.15) is 0 Å². The summed E-state index contributed by atoms with van der Waals surface area (Å²) in [7, 11) is 0. The highest BCUT2D eigenvalue weighted by Crippen LogP contribution is 2.31. The lowest BCUT2D eigenvalue weighted by atomic mass is 9.99. The van der Waals surface area contributed by atoms with Crippen LogP contribution in [-0.4, -0.2) is 76.5 Å². The molecule has 0 aromatic heterocycles. The second-order valence-electron chi connectivity index (χ2n) is 8.51. The van der Waals surface area contributed by atoms with Crippen LogP contribution in [0.5, 0.6) is 5.75 Å². The summed E-state index contributed by atoms with van der Waals surface area (Å²) >= 11 is 0. The summed E-state index contributed by atoms with van der Waals surface area (Å²) in [6.07, 6.45) is 3.57. The molecule has 7 heteroatoms. The Morgan fingerprint density at radius 2 is 1.89 bits per heavy atom. The van der Waals surface area contributed by atoms with Crippen LogP contribution in [0.3, 0.4) is 0 Å². The zero-order chi connectivity index (χ0) is 20.4. The van der Waals surface area contributed by atoms with Crippen LogP contribution in [0.2, 0.25) is 0 Å². The molecule has 2 fully saturated rings. The smallest absolute Gasteiger partial charge is 0.219 e. The van der Waals surface area contributed by atoms with Crippen LogP contribution in [-0.2, 0) is 4.79 Å². The number of rotatable bonds is 5. The van der Waals surface area contributed by atoms with E-state index in [0.717, 1.165) is 25.7 Å². The van der Waals surface area contributed by atoms with Crippen LogP contribution in [0, 0.1) is 12.7 Å². The summed E-state index contributed by atoms with van der Waals surface area (Å²) in [5.74, 6) is 0.0728. The van der Waals surface area contributed by atoms with Gasteiger partial charge in [-0.05, 0) is 43.5 Å². The molecular weight excluding hydrogens is 363 g/mol. The van der Waals surface area contributed by atoms with Crippen molar-refractivity contribution in [2.75, 3.05) is 39.3 Å². The van der Waals surface area contributed by atoms with E-state index >= 15 is 0 Å². The largest absolute Gasteiger partial charge is 0.490 e. The summed E-state index contributed by atoms with van der Waals surface area (Å²) in [5.41, 5.74) is -1.53. The number of aliphatic hydroxyl groups is 2. The van der Waals surface area contributed by atoms with Crippen molar-refractivity contribution in [2.45, 2.75) is 50.7 Å². The van der Waals surface area contributed by atoms with Gasteiger partial charge in [0.1, 0.15) is 23.8 Å². The minimum Gasteiger partial charge on any atom is -0.490 e. The number of hydrogen-bond donors (Lipinski definition) is 2. The second kappa shape index (κ2) is 8.35. The van der Waals surface area contributed by atoms with E-state index in [1.807, 2.05) is 4.90 Å². The van der Waals surface area contributed by atoms with Crippen molar-refractivity contribution in [3.05, 3.63) is 29.6 Å². The summed E-state index contributed by atoms with van der Waals surface area (Å²) in [6.45, 7) is 5.18. The van der Waals surface area contributed by atoms with E-state index in [4.69, 9.17) is 4.74 Å². The van der Waals surface area contributed by atoms with E-state index in [2.05, 4.69) is 0 Å². The van der Waals surface area contributed by atoms with Crippen molar-refractivity contribution >= 4 is 5.91 Å². The number of amides is 1. The molecule has 0 bridgehead atoms. The molecule has 1 aliphatic heterocycles. The molecule has 1 aromatic rings. The maximum absolute atomic E-state index is 13.5. The number of β-amino-alcohol motifs (C(OH)–C–C–N with tert-alkyl or cyclic N) is 2. The quantitative estimate of drug-likeness (QED) is 0.796. The number of benzene rings is 1. The molecule has 28 heavy (non-hydrogen) atoms. The molecule has 156 valence electrons. The van der Waals surface area contributed by atoms with Gasteiger partial charge in [-0.3, -0.25) is 9.69 Å². The van der Waals surface area contributed by atoms with Gasteiger partial charge in [-0.1, -0.05) is 12.8 Å². The Hall–Kier alpha value is -1.70. The Labute approximate surface area is 165 Å². The van der Waals surface area contributed by atoms with E-state index in [0.29, 0.717) is 37.5 Å². The zero-order valence-corrected chi connectivity index (χ0v) is 16.8. The zero-order valence-electron chi connectivity index (χ0n) is 16.8. The second-order valence-corrected chi connectivity index (χ2v) is 8.51. The number of carbonyl (C=O) groups excluding carboxylic acids is 1. The Balaban J connectivity index is 1.71. The number of carbonyl (C=O) groups is 1. The van der Waals surface area contributed by atoms with Crippen molar-refractivity contribution in [1.29, 1.82) is 0 Å². The molecule has 1 amide bonds. The molecule has 1 aliphatic carbocycles. The Morgan fingerprint density at radius 3 is 2.54 bits per heavy atom. The Bertz CT molecular complexity index is 708. The third-order valence-corrected chi connectivity index (χ3v) is 5.82. The molecule has 1 heterocycles.